The van der Waals surface area contributed by atoms with Crippen LogP contribution in [-0.2, 0) is 19.2 Å². The van der Waals surface area contributed by atoms with Gasteiger partial charge in [-0.2, -0.15) is 0 Å². The van der Waals surface area contributed by atoms with E-state index < -0.39 is 76.2 Å². The van der Waals surface area contributed by atoms with Crippen LogP contribution in [0.4, 0.5) is 4.79 Å². The molecule has 1 amide bonds. The average molecular weight is 616 g/mol. The molecule has 2 bridgehead atoms. The van der Waals surface area contributed by atoms with Gasteiger partial charge in [-0.05, 0) is 42.7 Å². The zero-order chi connectivity index (χ0) is 32.6. The molecule has 8 unspecified atom stereocenters. The van der Waals surface area contributed by atoms with Crippen molar-refractivity contribution in [2.24, 2.45) is 40.4 Å². The van der Waals surface area contributed by atoms with E-state index in [1.165, 1.54) is 7.11 Å². The standard InChI is InChI=1S/C34H49NO9/c1-17-14-23-33(39,16-43-23)28-20(4)34(40)15-22(18(2)24(31(34,5)6)26(36)29(37)32(17,28)7)27(44-41)19(3)25(35-30(38)42-8)21-12-10-9-11-13-21/h9-13,17,19-20,22-23,25-28,36,39-41H,14-16H2,1-8H3,(H,35,38)/t17-,19?,20?,22?,23?,25?,26?,27-,28?,32+,33-,34?/m0/s1. The van der Waals surface area contributed by atoms with Crippen LogP contribution in [0.15, 0.2) is 41.5 Å². The SMILES string of the molecule is COC(=O)NC(c1ccccc1)C(C)[C@H](OO)C1CC2(O)C(C)C3[C@]4(O)COC4C[C@H](C)[C@@]3(C)C(=O)C(O)C(=C1C)C2(C)C. The monoisotopic (exact) mass is 615 g/mol. The Hall–Kier alpha value is -2.34. The van der Waals surface area contributed by atoms with Crippen molar-refractivity contribution in [2.75, 3.05) is 13.7 Å². The van der Waals surface area contributed by atoms with Crippen LogP contribution < -0.4 is 5.32 Å². The van der Waals surface area contributed by atoms with Crippen LogP contribution in [0.5, 0.6) is 0 Å². The predicted octanol–water partition coefficient (Wildman–Crippen LogP) is 4.04. The molecule has 0 radical (unpaired) electrons. The molecule has 1 saturated heterocycles. The summed E-state index contributed by atoms with van der Waals surface area (Å²) >= 11 is 0. The van der Waals surface area contributed by atoms with Gasteiger partial charge in [-0.15, -0.1) is 0 Å². The van der Waals surface area contributed by atoms with E-state index in [1.54, 1.807) is 0 Å². The van der Waals surface area contributed by atoms with E-state index in [9.17, 15) is 30.2 Å². The third-order valence-electron chi connectivity index (χ3n) is 12.6. The fourth-order valence-corrected chi connectivity index (χ4v) is 9.81. The van der Waals surface area contributed by atoms with Gasteiger partial charge in [0.15, 0.2) is 5.78 Å². The lowest BCUT2D eigenvalue weighted by Gasteiger charge is -2.68. The highest BCUT2D eigenvalue weighted by Gasteiger charge is 2.73. The van der Waals surface area contributed by atoms with Gasteiger partial charge < -0.3 is 30.1 Å². The summed E-state index contributed by atoms with van der Waals surface area (Å²) in [5.74, 6) is -3.13. The number of ketones is 1. The molecule has 10 nitrogen and oxygen atoms in total. The number of benzene rings is 1. The minimum atomic E-state index is -1.55. The molecular formula is C34H49NO9. The van der Waals surface area contributed by atoms with Crippen LogP contribution in [0.25, 0.3) is 0 Å². The van der Waals surface area contributed by atoms with E-state index in [0.29, 0.717) is 17.6 Å². The Morgan fingerprint density at radius 1 is 1.14 bits per heavy atom. The van der Waals surface area contributed by atoms with Gasteiger partial charge in [0.25, 0.3) is 0 Å². The summed E-state index contributed by atoms with van der Waals surface area (Å²) < 4.78 is 10.7. The van der Waals surface area contributed by atoms with Crippen LogP contribution in [-0.4, -0.2) is 75.7 Å². The van der Waals surface area contributed by atoms with Gasteiger partial charge in [-0.1, -0.05) is 77.4 Å². The van der Waals surface area contributed by atoms with Crippen molar-refractivity contribution < 1.29 is 44.5 Å². The lowest BCUT2D eigenvalue weighted by Crippen LogP contribution is -2.77. The average Bonchev–Trinajstić information content (AvgIpc) is 2.99. The van der Waals surface area contributed by atoms with Gasteiger partial charge in [-0.3, -0.25) is 10.1 Å². The molecule has 1 heterocycles. The van der Waals surface area contributed by atoms with Crippen LogP contribution in [0.1, 0.15) is 72.9 Å². The largest absolute Gasteiger partial charge is 0.453 e. The van der Waals surface area contributed by atoms with Gasteiger partial charge >= 0.3 is 6.09 Å². The maximum absolute atomic E-state index is 14.5. The second-order valence-corrected chi connectivity index (χ2v) is 14.7. The first-order chi connectivity index (χ1) is 20.5. The summed E-state index contributed by atoms with van der Waals surface area (Å²) in [7, 11) is 1.27. The highest BCUT2D eigenvalue weighted by Crippen LogP contribution is 2.66. The van der Waals surface area contributed by atoms with Crippen molar-refractivity contribution in [1.82, 2.24) is 5.32 Å². The number of methoxy groups -OCH3 is 1. The van der Waals surface area contributed by atoms with E-state index in [-0.39, 0.29) is 24.7 Å². The number of hydrogen-bond acceptors (Lipinski definition) is 9. The normalized spacial score (nSPS) is 41.6. The third kappa shape index (κ3) is 4.43. The number of rotatable bonds is 6. The summed E-state index contributed by atoms with van der Waals surface area (Å²) in [4.78, 5) is 32.2. The molecule has 3 fully saturated rings. The fraction of sp³-hybridized carbons (Fsp3) is 0.706. The van der Waals surface area contributed by atoms with Gasteiger partial charge in [-0.25, -0.2) is 9.68 Å². The molecule has 10 heteroatoms. The first-order valence-electron chi connectivity index (χ1n) is 15.7. The quantitative estimate of drug-likeness (QED) is 0.181. The lowest BCUT2D eigenvalue weighted by atomic mass is 9.41. The van der Waals surface area contributed by atoms with Crippen molar-refractivity contribution in [3.63, 3.8) is 0 Å². The van der Waals surface area contributed by atoms with Crippen molar-refractivity contribution in [2.45, 2.75) is 96.9 Å². The van der Waals surface area contributed by atoms with Gasteiger partial charge in [0.2, 0.25) is 0 Å². The number of Topliss-reactive ketones (excluding diaryl/α,β-unsaturated/α-hetero) is 1. The van der Waals surface area contributed by atoms with E-state index in [1.807, 2.05) is 78.8 Å². The summed E-state index contributed by atoms with van der Waals surface area (Å²) in [6.07, 6.45) is -3.04. The molecule has 12 atom stereocenters. The smallest absolute Gasteiger partial charge is 0.407 e. The fourth-order valence-electron chi connectivity index (χ4n) is 9.81. The molecule has 3 aliphatic carbocycles. The van der Waals surface area contributed by atoms with E-state index in [0.717, 1.165) is 5.56 Å². The zero-order valence-corrected chi connectivity index (χ0v) is 27.0. The Kier molecular flexibility index (Phi) is 8.39. The van der Waals surface area contributed by atoms with E-state index in [4.69, 9.17) is 14.4 Å². The second-order valence-electron chi connectivity index (χ2n) is 14.7. The molecular weight excluding hydrogens is 566 g/mol. The minimum absolute atomic E-state index is 0.0530. The first kappa shape index (κ1) is 33.0. The zero-order valence-electron chi connectivity index (χ0n) is 27.0. The van der Waals surface area contributed by atoms with Gasteiger partial charge in [0.1, 0.15) is 17.8 Å². The lowest BCUT2D eigenvalue weighted by molar-refractivity contribution is -0.332. The van der Waals surface area contributed by atoms with E-state index in [2.05, 4.69) is 5.32 Å². The maximum Gasteiger partial charge on any atom is 0.407 e. The summed E-state index contributed by atoms with van der Waals surface area (Å²) in [5.41, 5.74) is -3.26. The number of aliphatic hydroxyl groups excluding tert-OH is 1. The molecule has 1 aliphatic heterocycles. The number of carbonyl (C=O) groups is 2. The van der Waals surface area contributed by atoms with Crippen LogP contribution in [0.2, 0.25) is 0 Å². The molecule has 0 spiro atoms. The molecule has 1 aromatic rings. The highest BCUT2D eigenvalue weighted by molar-refractivity contribution is 5.93. The number of ether oxygens (including phenoxy) is 2. The molecule has 4 aliphatic rings. The third-order valence-corrected chi connectivity index (χ3v) is 12.6. The van der Waals surface area contributed by atoms with Crippen LogP contribution in [0.3, 0.4) is 0 Å². The number of amides is 1. The molecule has 2 saturated carbocycles. The molecule has 5 N–H and O–H groups in total. The minimum Gasteiger partial charge on any atom is -0.453 e. The Morgan fingerprint density at radius 2 is 1.77 bits per heavy atom. The molecule has 244 valence electrons. The van der Waals surface area contributed by atoms with Crippen molar-refractivity contribution >= 4 is 11.9 Å². The van der Waals surface area contributed by atoms with Crippen molar-refractivity contribution in [1.29, 1.82) is 0 Å². The Balaban J connectivity index is 1.66. The van der Waals surface area contributed by atoms with Gasteiger partial charge in [0, 0.05) is 28.6 Å². The van der Waals surface area contributed by atoms with Crippen molar-refractivity contribution in [3.05, 3.63) is 47.0 Å². The highest BCUT2D eigenvalue weighted by atomic mass is 17.1. The van der Waals surface area contributed by atoms with E-state index >= 15 is 0 Å². The molecule has 5 rings (SSSR count). The Morgan fingerprint density at radius 3 is 2.32 bits per heavy atom. The number of nitrogens with one attached hydrogen (secondary N) is 1. The van der Waals surface area contributed by atoms with Gasteiger partial charge in [0.05, 0.1) is 31.5 Å². The maximum atomic E-state index is 14.5. The number of hydrogen-bond donors (Lipinski definition) is 5. The number of alkyl carbamates (subject to hydrolysis) is 1. The topological polar surface area (TPSA) is 155 Å². The molecule has 1 aromatic carbocycles. The summed E-state index contributed by atoms with van der Waals surface area (Å²) in [6.45, 7) is 13.1. The number of fused-ring (bicyclic) bond motifs is 5. The van der Waals surface area contributed by atoms with Crippen LogP contribution >= 0.6 is 0 Å². The summed E-state index contributed by atoms with van der Waals surface area (Å²) in [6, 6.07) is 8.60. The summed E-state index contributed by atoms with van der Waals surface area (Å²) in [5, 5.41) is 50.4. The second kappa shape index (κ2) is 11.2. The predicted molar refractivity (Wildman–Crippen MR) is 161 cm³/mol. The Bertz CT molecular complexity index is 1310. The molecule has 0 aromatic heterocycles. The molecule has 44 heavy (non-hydrogen) atoms. The number of carbonyl (C=O) groups excluding carboxylic acids is 2. The number of aliphatic hydroxyl groups is 3. The first-order valence-corrected chi connectivity index (χ1v) is 15.7. The van der Waals surface area contributed by atoms with Crippen molar-refractivity contribution in [3.8, 4) is 0 Å². The Labute approximate surface area is 259 Å². The van der Waals surface area contributed by atoms with Crippen LogP contribution in [0, 0.1) is 40.4 Å².